The number of methoxy groups -OCH3 is 1. The molecule has 0 spiro atoms. The van der Waals surface area contributed by atoms with E-state index < -0.39 is 0 Å². The van der Waals surface area contributed by atoms with Gasteiger partial charge in [-0.15, -0.1) is 10.2 Å². The van der Waals surface area contributed by atoms with Crippen molar-refractivity contribution in [2.24, 2.45) is 5.92 Å². The molecule has 7 nitrogen and oxygen atoms in total. The minimum atomic E-state index is -0.317. The number of carbonyl (C=O) groups excluding carboxylic acids is 2. The zero-order valence-corrected chi connectivity index (χ0v) is 16.7. The van der Waals surface area contributed by atoms with Gasteiger partial charge in [0, 0.05) is 12.5 Å². The third kappa shape index (κ3) is 6.02. The molecule has 0 aliphatic carbocycles. The van der Waals surface area contributed by atoms with Crippen molar-refractivity contribution < 1.29 is 14.3 Å². The number of piperidine rings is 1. The molecule has 1 saturated heterocycles. The highest BCUT2D eigenvalue weighted by atomic mass is 32.2. The lowest BCUT2D eigenvalue weighted by Crippen LogP contribution is -2.37. The maximum Gasteiger partial charge on any atom is 0.316 e. The number of likely N-dealkylation sites (tertiary alicyclic amines) is 1. The van der Waals surface area contributed by atoms with Crippen LogP contribution in [0.2, 0.25) is 0 Å². The summed E-state index contributed by atoms with van der Waals surface area (Å²) in [6, 6.07) is 10.4. The Balaban J connectivity index is 1.43. The monoisotopic (exact) mass is 406 g/mol. The summed E-state index contributed by atoms with van der Waals surface area (Å²) >= 11 is 2.52. The van der Waals surface area contributed by atoms with Gasteiger partial charge in [0.05, 0.1) is 12.9 Å². The number of anilines is 1. The van der Waals surface area contributed by atoms with Gasteiger partial charge in [0.1, 0.15) is 0 Å². The fourth-order valence-corrected chi connectivity index (χ4v) is 4.49. The summed E-state index contributed by atoms with van der Waals surface area (Å²) in [6.07, 6.45) is 1.67. The van der Waals surface area contributed by atoms with Crippen LogP contribution in [0.15, 0.2) is 34.7 Å². The smallest absolute Gasteiger partial charge is 0.316 e. The number of esters is 1. The zero-order valence-electron chi connectivity index (χ0n) is 15.1. The van der Waals surface area contributed by atoms with Crippen molar-refractivity contribution in [2.45, 2.75) is 23.7 Å². The Bertz CT molecular complexity index is 761. The molecule has 2 aromatic rings. The van der Waals surface area contributed by atoms with E-state index in [1.54, 1.807) is 0 Å². The van der Waals surface area contributed by atoms with E-state index in [1.165, 1.54) is 35.8 Å². The van der Waals surface area contributed by atoms with Gasteiger partial charge in [-0.3, -0.25) is 14.5 Å². The average Bonchev–Trinajstić information content (AvgIpc) is 3.14. The molecule has 0 saturated carbocycles. The van der Waals surface area contributed by atoms with E-state index in [0.29, 0.717) is 9.47 Å². The predicted molar refractivity (Wildman–Crippen MR) is 106 cm³/mol. The lowest BCUT2D eigenvalue weighted by Gasteiger charge is -2.31. The summed E-state index contributed by atoms with van der Waals surface area (Å²) < 4.78 is 5.22. The second kappa shape index (κ2) is 9.82. The van der Waals surface area contributed by atoms with Crippen molar-refractivity contribution >= 4 is 40.1 Å². The predicted octanol–water partition coefficient (Wildman–Crippen LogP) is 2.65. The Kier molecular flexibility index (Phi) is 7.19. The van der Waals surface area contributed by atoms with E-state index in [4.69, 9.17) is 0 Å². The molecule has 27 heavy (non-hydrogen) atoms. The lowest BCUT2D eigenvalue weighted by molar-refractivity contribution is -0.137. The topological polar surface area (TPSA) is 84.4 Å². The van der Waals surface area contributed by atoms with Crippen LogP contribution in [0.5, 0.6) is 0 Å². The molecule has 0 radical (unpaired) electrons. The van der Waals surface area contributed by atoms with Gasteiger partial charge in [-0.2, -0.15) is 0 Å². The molecule has 0 bridgehead atoms. The van der Waals surface area contributed by atoms with Gasteiger partial charge in [0.25, 0.3) is 0 Å². The Morgan fingerprint density at radius 2 is 2.00 bits per heavy atom. The maximum atomic E-state index is 12.5. The maximum absolute atomic E-state index is 12.5. The van der Waals surface area contributed by atoms with Crippen LogP contribution in [0.25, 0.3) is 0 Å². The SMILES string of the molecule is COC(=O)CSc1nnc(NC(=O)C2CCN(Cc3ccccc3)CC2)s1. The molecular weight excluding hydrogens is 384 g/mol. The first-order chi connectivity index (χ1) is 13.1. The van der Waals surface area contributed by atoms with Crippen LogP contribution in [0.3, 0.4) is 0 Å². The van der Waals surface area contributed by atoms with Crippen molar-refractivity contribution in [3.8, 4) is 0 Å². The van der Waals surface area contributed by atoms with E-state index in [9.17, 15) is 9.59 Å². The second-order valence-electron chi connectivity index (χ2n) is 6.26. The van der Waals surface area contributed by atoms with Gasteiger partial charge in [-0.05, 0) is 31.5 Å². The van der Waals surface area contributed by atoms with Crippen molar-refractivity contribution in [3.63, 3.8) is 0 Å². The van der Waals surface area contributed by atoms with E-state index in [2.05, 4.69) is 49.4 Å². The Morgan fingerprint density at radius 3 is 2.70 bits per heavy atom. The highest BCUT2D eigenvalue weighted by Crippen LogP contribution is 2.27. The molecule has 1 aliphatic rings. The number of thioether (sulfide) groups is 1. The summed E-state index contributed by atoms with van der Waals surface area (Å²) in [7, 11) is 1.35. The third-order valence-corrected chi connectivity index (χ3v) is 6.33. The minimum Gasteiger partial charge on any atom is -0.468 e. The first kappa shape index (κ1) is 19.8. The van der Waals surface area contributed by atoms with Gasteiger partial charge < -0.3 is 10.1 Å². The number of nitrogens with one attached hydrogen (secondary N) is 1. The summed E-state index contributed by atoms with van der Waals surface area (Å²) in [4.78, 5) is 26.0. The highest BCUT2D eigenvalue weighted by Gasteiger charge is 2.25. The first-order valence-electron chi connectivity index (χ1n) is 8.74. The number of hydrogen-bond acceptors (Lipinski definition) is 8. The molecule has 1 N–H and O–H groups in total. The number of rotatable bonds is 7. The number of nitrogens with zero attached hydrogens (tertiary/aromatic N) is 3. The number of carbonyl (C=O) groups is 2. The molecule has 1 aromatic heterocycles. The molecule has 1 aliphatic heterocycles. The molecule has 0 atom stereocenters. The Labute approximate surface area is 166 Å². The number of benzene rings is 1. The normalized spacial score (nSPS) is 15.4. The fourth-order valence-electron chi connectivity index (χ4n) is 2.90. The van der Waals surface area contributed by atoms with Crippen LogP contribution in [-0.2, 0) is 20.9 Å². The highest BCUT2D eigenvalue weighted by molar-refractivity contribution is 8.01. The average molecular weight is 407 g/mol. The minimum absolute atomic E-state index is 0.00460. The largest absolute Gasteiger partial charge is 0.468 e. The Morgan fingerprint density at radius 1 is 1.26 bits per heavy atom. The molecule has 144 valence electrons. The molecule has 0 unspecified atom stereocenters. The standard InChI is InChI=1S/C18H22N4O3S2/c1-25-15(23)12-26-18-21-20-17(27-18)19-16(24)14-7-9-22(10-8-14)11-13-5-3-2-4-6-13/h2-6,14H,7-12H2,1H3,(H,19,20,24). The lowest BCUT2D eigenvalue weighted by atomic mass is 9.95. The van der Waals surface area contributed by atoms with Crippen molar-refractivity contribution in [1.29, 1.82) is 0 Å². The zero-order chi connectivity index (χ0) is 19.1. The first-order valence-corrected chi connectivity index (χ1v) is 10.5. The van der Waals surface area contributed by atoms with Gasteiger partial charge >= 0.3 is 5.97 Å². The Hall–Kier alpha value is -1.97. The number of ether oxygens (including phenoxy) is 1. The molecule has 2 heterocycles. The third-order valence-electron chi connectivity index (χ3n) is 4.39. The summed E-state index contributed by atoms with van der Waals surface area (Å²) in [5.74, 6) is -0.149. The number of amides is 1. The van der Waals surface area contributed by atoms with E-state index in [0.717, 1.165) is 32.5 Å². The van der Waals surface area contributed by atoms with E-state index in [-0.39, 0.29) is 23.5 Å². The summed E-state index contributed by atoms with van der Waals surface area (Å²) in [5, 5.41) is 11.3. The molecule has 3 rings (SSSR count). The van der Waals surface area contributed by atoms with Gasteiger partial charge in [-0.25, -0.2) is 0 Å². The van der Waals surface area contributed by atoms with Crippen LogP contribution in [-0.4, -0.2) is 52.9 Å². The molecule has 9 heteroatoms. The molecule has 1 amide bonds. The van der Waals surface area contributed by atoms with Gasteiger partial charge in [0.2, 0.25) is 11.0 Å². The fraction of sp³-hybridized carbons (Fsp3) is 0.444. The van der Waals surface area contributed by atoms with Gasteiger partial charge in [0.15, 0.2) is 4.34 Å². The summed E-state index contributed by atoms with van der Waals surface area (Å²) in [5.41, 5.74) is 1.30. The van der Waals surface area contributed by atoms with Crippen LogP contribution in [0.4, 0.5) is 5.13 Å². The van der Waals surface area contributed by atoms with Crippen LogP contribution >= 0.6 is 23.1 Å². The van der Waals surface area contributed by atoms with Crippen LogP contribution < -0.4 is 5.32 Å². The van der Waals surface area contributed by atoms with Gasteiger partial charge in [-0.1, -0.05) is 53.4 Å². The summed E-state index contributed by atoms with van der Waals surface area (Å²) in [6.45, 7) is 2.74. The van der Waals surface area contributed by atoms with Crippen molar-refractivity contribution in [2.75, 3.05) is 31.3 Å². The molecule has 1 aromatic carbocycles. The molecular formula is C18H22N4O3S2. The van der Waals surface area contributed by atoms with Crippen molar-refractivity contribution in [3.05, 3.63) is 35.9 Å². The van der Waals surface area contributed by atoms with E-state index in [1.807, 2.05) is 6.07 Å². The second-order valence-corrected chi connectivity index (χ2v) is 8.46. The molecule has 1 fully saturated rings. The van der Waals surface area contributed by atoms with Crippen molar-refractivity contribution in [1.82, 2.24) is 15.1 Å². The van der Waals surface area contributed by atoms with Crippen LogP contribution in [0, 0.1) is 5.92 Å². The quantitative estimate of drug-likeness (QED) is 0.430. The van der Waals surface area contributed by atoms with E-state index >= 15 is 0 Å². The number of aromatic nitrogens is 2. The van der Waals surface area contributed by atoms with Crippen LogP contribution in [0.1, 0.15) is 18.4 Å². The number of hydrogen-bond donors (Lipinski definition) is 1.